The Bertz CT molecular complexity index is 710. The fourth-order valence-corrected chi connectivity index (χ4v) is 2.26. The molecule has 0 spiro atoms. The van der Waals surface area contributed by atoms with E-state index in [2.05, 4.69) is 0 Å². The van der Waals surface area contributed by atoms with Crippen molar-refractivity contribution in [3.05, 3.63) is 71.9 Å². The first kappa shape index (κ1) is 10.8. The summed E-state index contributed by atoms with van der Waals surface area (Å²) in [7, 11) is 0. The highest BCUT2D eigenvalue weighted by Gasteiger charge is 2.11. The summed E-state index contributed by atoms with van der Waals surface area (Å²) in [5, 5.41) is 1.10. The standard InChI is InChI=1S/C16H13NO/c1-12-6-5-9-13-10-11-17(15(12)13)16(18)14-7-3-2-4-8-14/h2-11H,1H3. The predicted octanol–water partition coefficient (Wildman–Crippen LogP) is 3.64. The zero-order chi connectivity index (χ0) is 12.5. The lowest BCUT2D eigenvalue weighted by molar-refractivity contribution is 0.0965. The molecular weight excluding hydrogens is 222 g/mol. The topological polar surface area (TPSA) is 22.0 Å². The van der Waals surface area contributed by atoms with Crippen molar-refractivity contribution in [1.82, 2.24) is 4.57 Å². The molecule has 0 fully saturated rings. The summed E-state index contributed by atoms with van der Waals surface area (Å²) in [6, 6.07) is 17.4. The zero-order valence-corrected chi connectivity index (χ0v) is 10.1. The van der Waals surface area contributed by atoms with Crippen molar-refractivity contribution >= 4 is 16.8 Å². The van der Waals surface area contributed by atoms with E-state index >= 15 is 0 Å². The van der Waals surface area contributed by atoms with Crippen molar-refractivity contribution in [3.8, 4) is 0 Å². The number of rotatable bonds is 1. The Labute approximate surface area is 105 Å². The summed E-state index contributed by atoms with van der Waals surface area (Å²) in [6.45, 7) is 2.02. The number of hydrogen-bond donors (Lipinski definition) is 0. The third-order valence-electron chi connectivity index (χ3n) is 3.15. The van der Waals surface area contributed by atoms with E-state index in [0.717, 1.165) is 16.5 Å². The van der Waals surface area contributed by atoms with E-state index in [4.69, 9.17) is 0 Å². The van der Waals surface area contributed by atoms with Crippen molar-refractivity contribution in [2.24, 2.45) is 0 Å². The van der Waals surface area contributed by atoms with Crippen LogP contribution in [0.15, 0.2) is 60.8 Å². The number of para-hydroxylation sites is 1. The van der Waals surface area contributed by atoms with Gasteiger partial charge in [-0.2, -0.15) is 0 Å². The van der Waals surface area contributed by atoms with Crippen LogP contribution in [0.1, 0.15) is 15.9 Å². The van der Waals surface area contributed by atoms with Crippen molar-refractivity contribution in [3.63, 3.8) is 0 Å². The molecule has 0 aliphatic rings. The highest BCUT2D eigenvalue weighted by atomic mass is 16.2. The first-order chi connectivity index (χ1) is 8.77. The largest absolute Gasteiger partial charge is 0.283 e. The molecule has 0 saturated heterocycles. The quantitative estimate of drug-likeness (QED) is 0.631. The Morgan fingerprint density at radius 2 is 1.72 bits per heavy atom. The van der Waals surface area contributed by atoms with Crippen LogP contribution in [-0.4, -0.2) is 10.5 Å². The van der Waals surface area contributed by atoms with Crippen LogP contribution in [0.25, 0.3) is 10.9 Å². The number of aromatic nitrogens is 1. The maximum atomic E-state index is 12.4. The van der Waals surface area contributed by atoms with Crippen LogP contribution in [0.2, 0.25) is 0 Å². The molecule has 3 aromatic rings. The SMILES string of the molecule is Cc1cccc2ccn(C(=O)c3ccccc3)c12. The van der Waals surface area contributed by atoms with E-state index in [-0.39, 0.29) is 5.91 Å². The molecule has 1 aromatic heterocycles. The zero-order valence-electron chi connectivity index (χ0n) is 10.1. The van der Waals surface area contributed by atoms with Crippen LogP contribution in [0, 0.1) is 6.92 Å². The highest BCUT2D eigenvalue weighted by Crippen LogP contribution is 2.20. The smallest absolute Gasteiger partial charge is 0.262 e. The van der Waals surface area contributed by atoms with Gasteiger partial charge in [-0.25, -0.2) is 0 Å². The summed E-state index contributed by atoms with van der Waals surface area (Å²) in [5.41, 5.74) is 2.81. The molecule has 1 heterocycles. The van der Waals surface area contributed by atoms with Gasteiger partial charge in [-0.1, -0.05) is 36.4 Å². The maximum Gasteiger partial charge on any atom is 0.262 e. The van der Waals surface area contributed by atoms with Gasteiger partial charge in [0.15, 0.2) is 0 Å². The normalized spacial score (nSPS) is 10.7. The fraction of sp³-hybridized carbons (Fsp3) is 0.0625. The molecule has 0 unspecified atom stereocenters. The number of carbonyl (C=O) groups is 1. The maximum absolute atomic E-state index is 12.4. The second kappa shape index (κ2) is 4.15. The average Bonchev–Trinajstić information content (AvgIpc) is 2.84. The van der Waals surface area contributed by atoms with Gasteiger partial charge in [0.05, 0.1) is 5.52 Å². The molecule has 2 heteroatoms. The summed E-state index contributed by atoms with van der Waals surface area (Å²) in [5.74, 6) is 0.0138. The number of carbonyl (C=O) groups excluding carboxylic acids is 1. The van der Waals surface area contributed by atoms with Gasteiger partial charge in [0, 0.05) is 17.1 Å². The minimum atomic E-state index is 0.0138. The lowest BCUT2D eigenvalue weighted by Gasteiger charge is -2.06. The van der Waals surface area contributed by atoms with Gasteiger partial charge in [0.25, 0.3) is 5.91 Å². The van der Waals surface area contributed by atoms with E-state index in [1.807, 2.05) is 67.7 Å². The third kappa shape index (κ3) is 1.63. The van der Waals surface area contributed by atoms with Crippen molar-refractivity contribution in [2.75, 3.05) is 0 Å². The number of benzene rings is 2. The molecule has 0 bridgehead atoms. The Morgan fingerprint density at radius 3 is 2.50 bits per heavy atom. The Kier molecular flexibility index (Phi) is 2.49. The molecule has 0 saturated carbocycles. The molecule has 2 nitrogen and oxygen atoms in total. The highest BCUT2D eigenvalue weighted by molar-refractivity contribution is 6.02. The van der Waals surface area contributed by atoms with Gasteiger partial charge in [-0.3, -0.25) is 9.36 Å². The molecule has 3 rings (SSSR count). The van der Waals surface area contributed by atoms with Crippen LogP contribution >= 0.6 is 0 Å². The molecule has 18 heavy (non-hydrogen) atoms. The Morgan fingerprint density at radius 1 is 0.944 bits per heavy atom. The van der Waals surface area contributed by atoms with E-state index in [1.54, 1.807) is 4.57 Å². The Hall–Kier alpha value is -2.35. The number of hydrogen-bond acceptors (Lipinski definition) is 1. The van der Waals surface area contributed by atoms with Gasteiger partial charge in [-0.15, -0.1) is 0 Å². The van der Waals surface area contributed by atoms with Crippen LogP contribution in [0.3, 0.4) is 0 Å². The summed E-state index contributed by atoms with van der Waals surface area (Å²) >= 11 is 0. The molecule has 0 atom stereocenters. The molecule has 0 N–H and O–H groups in total. The van der Waals surface area contributed by atoms with Gasteiger partial charge < -0.3 is 0 Å². The van der Waals surface area contributed by atoms with Crippen LogP contribution in [-0.2, 0) is 0 Å². The van der Waals surface area contributed by atoms with E-state index in [9.17, 15) is 4.79 Å². The fourth-order valence-electron chi connectivity index (χ4n) is 2.26. The van der Waals surface area contributed by atoms with E-state index in [0.29, 0.717) is 5.56 Å². The lowest BCUT2D eigenvalue weighted by atomic mass is 10.1. The number of aryl methyl sites for hydroxylation is 1. The first-order valence-electron chi connectivity index (χ1n) is 5.94. The van der Waals surface area contributed by atoms with Crippen molar-refractivity contribution in [1.29, 1.82) is 0 Å². The van der Waals surface area contributed by atoms with E-state index in [1.165, 1.54) is 0 Å². The Balaban J connectivity index is 2.19. The minimum absolute atomic E-state index is 0.0138. The first-order valence-corrected chi connectivity index (χ1v) is 5.94. The van der Waals surface area contributed by atoms with Crippen LogP contribution in [0.5, 0.6) is 0 Å². The molecule has 0 radical (unpaired) electrons. The molecular formula is C16H13NO. The summed E-state index contributed by atoms with van der Waals surface area (Å²) < 4.78 is 1.72. The summed E-state index contributed by atoms with van der Waals surface area (Å²) in [4.78, 5) is 12.4. The molecule has 2 aromatic carbocycles. The second-order valence-corrected chi connectivity index (χ2v) is 4.37. The third-order valence-corrected chi connectivity index (χ3v) is 3.15. The van der Waals surface area contributed by atoms with Crippen LogP contribution < -0.4 is 0 Å². The molecule has 88 valence electrons. The lowest BCUT2D eigenvalue weighted by Crippen LogP contribution is -2.10. The monoisotopic (exact) mass is 235 g/mol. The second-order valence-electron chi connectivity index (χ2n) is 4.37. The minimum Gasteiger partial charge on any atom is -0.283 e. The summed E-state index contributed by atoms with van der Waals surface area (Å²) in [6.07, 6.45) is 1.84. The number of nitrogens with zero attached hydrogens (tertiary/aromatic N) is 1. The van der Waals surface area contributed by atoms with Crippen LogP contribution in [0.4, 0.5) is 0 Å². The molecule has 0 aliphatic carbocycles. The van der Waals surface area contributed by atoms with Crippen molar-refractivity contribution < 1.29 is 4.79 Å². The van der Waals surface area contributed by atoms with Crippen molar-refractivity contribution in [2.45, 2.75) is 6.92 Å². The van der Waals surface area contributed by atoms with Gasteiger partial charge in [0.1, 0.15) is 0 Å². The van der Waals surface area contributed by atoms with E-state index < -0.39 is 0 Å². The van der Waals surface area contributed by atoms with Gasteiger partial charge >= 0.3 is 0 Å². The number of fused-ring (bicyclic) bond motifs is 1. The average molecular weight is 235 g/mol. The van der Waals surface area contributed by atoms with Gasteiger partial charge in [-0.05, 0) is 30.7 Å². The predicted molar refractivity (Wildman–Crippen MR) is 72.8 cm³/mol. The molecule has 0 amide bonds. The molecule has 0 aliphatic heterocycles. The van der Waals surface area contributed by atoms with Gasteiger partial charge in [0.2, 0.25) is 0 Å².